The fraction of sp³-hybridized carbons (Fsp3) is 0.467. The van der Waals surface area contributed by atoms with E-state index in [1.54, 1.807) is 24.3 Å². The number of nitrogens with two attached hydrogens (primary N) is 1. The Morgan fingerprint density at radius 3 is 2.30 bits per heavy atom. The van der Waals surface area contributed by atoms with E-state index in [1.165, 1.54) is 4.31 Å². The number of benzene rings is 1. The van der Waals surface area contributed by atoms with E-state index >= 15 is 0 Å². The number of amides is 2. The Bertz CT molecular complexity index is 712. The van der Waals surface area contributed by atoms with E-state index in [2.05, 4.69) is 0 Å². The predicted octanol–water partition coefficient (Wildman–Crippen LogP) is 0.0355. The number of hydrogen-bond acceptors (Lipinski definition) is 5. The summed E-state index contributed by atoms with van der Waals surface area (Å²) in [6, 6.07) is 6.36. The highest BCUT2D eigenvalue weighted by Crippen LogP contribution is 2.22. The van der Waals surface area contributed by atoms with Crippen molar-refractivity contribution in [3.8, 4) is 0 Å². The zero-order valence-electron chi connectivity index (χ0n) is 12.6. The van der Waals surface area contributed by atoms with Crippen molar-refractivity contribution in [1.82, 2.24) is 9.21 Å². The first-order chi connectivity index (χ1) is 10.9. The van der Waals surface area contributed by atoms with E-state index in [0.29, 0.717) is 24.2 Å². The maximum Gasteiger partial charge on any atom is 0.261 e. The first-order valence-electron chi connectivity index (χ1n) is 7.59. The van der Waals surface area contributed by atoms with Gasteiger partial charge in [-0.05, 0) is 25.0 Å². The fourth-order valence-electron chi connectivity index (χ4n) is 3.00. The number of hydrogen-bond donors (Lipinski definition) is 1. The number of sulfonamides is 1. The average molecular weight is 337 g/mol. The van der Waals surface area contributed by atoms with Gasteiger partial charge in [-0.3, -0.25) is 14.5 Å². The second-order valence-electron chi connectivity index (χ2n) is 5.88. The summed E-state index contributed by atoms with van der Waals surface area (Å²) < 4.78 is 26.2. The number of nitrogens with zero attached hydrogens (tertiary/aromatic N) is 2. The predicted molar refractivity (Wildman–Crippen MR) is 84.4 cm³/mol. The molecule has 0 saturated carbocycles. The first kappa shape index (κ1) is 16.1. The van der Waals surface area contributed by atoms with Crippen LogP contribution >= 0.6 is 0 Å². The number of rotatable bonds is 4. The van der Waals surface area contributed by atoms with Crippen molar-refractivity contribution in [2.24, 2.45) is 5.73 Å². The summed E-state index contributed by atoms with van der Waals surface area (Å²) in [6.45, 7) is 0.600. The van der Waals surface area contributed by atoms with Crippen molar-refractivity contribution in [2.45, 2.75) is 18.9 Å². The van der Waals surface area contributed by atoms with Crippen LogP contribution < -0.4 is 5.73 Å². The maximum absolute atomic E-state index is 12.4. The van der Waals surface area contributed by atoms with Crippen molar-refractivity contribution >= 4 is 21.8 Å². The number of piperidine rings is 1. The normalized spacial score (nSPS) is 22.5. The second kappa shape index (κ2) is 6.03. The third-order valence-electron chi connectivity index (χ3n) is 4.26. The topological polar surface area (TPSA) is 101 Å². The van der Waals surface area contributed by atoms with E-state index in [-0.39, 0.29) is 18.3 Å². The Kier molecular flexibility index (Phi) is 4.22. The molecule has 3 rings (SSSR count). The summed E-state index contributed by atoms with van der Waals surface area (Å²) in [5.74, 6) is -1.14. The van der Waals surface area contributed by atoms with Gasteiger partial charge >= 0.3 is 0 Å². The molecular formula is C15H19N3O4S. The molecule has 1 aromatic carbocycles. The molecule has 0 unspecified atom stereocenters. The van der Waals surface area contributed by atoms with E-state index in [1.807, 2.05) is 0 Å². The largest absolute Gasteiger partial charge is 0.327 e. The molecule has 2 aliphatic heterocycles. The molecule has 0 aromatic heterocycles. The molecule has 2 heterocycles. The van der Waals surface area contributed by atoms with Gasteiger partial charge in [0.05, 0.1) is 16.9 Å². The third kappa shape index (κ3) is 3.01. The standard InChI is InChI=1S/C15H19N3O4S/c16-11-4-3-7-17(10-11)23(21,22)9-8-18-14(19)12-5-1-2-6-13(12)15(18)20/h1-2,5-6,11H,3-4,7-10,16H2/t11-/m1/s1. The summed E-state index contributed by atoms with van der Waals surface area (Å²) in [7, 11) is -3.53. The van der Waals surface area contributed by atoms with Crippen molar-refractivity contribution in [2.75, 3.05) is 25.4 Å². The lowest BCUT2D eigenvalue weighted by Gasteiger charge is -2.30. The Morgan fingerprint density at radius 1 is 1.13 bits per heavy atom. The molecule has 1 aromatic rings. The van der Waals surface area contributed by atoms with Crippen molar-refractivity contribution < 1.29 is 18.0 Å². The molecule has 0 aliphatic carbocycles. The molecule has 23 heavy (non-hydrogen) atoms. The van der Waals surface area contributed by atoms with Gasteiger partial charge in [-0.25, -0.2) is 12.7 Å². The van der Waals surface area contributed by atoms with Gasteiger partial charge in [0.15, 0.2) is 0 Å². The summed E-state index contributed by atoms with van der Waals surface area (Å²) in [6.07, 6.45) is 1.54. The van der Waals surface area contributed by atoms with Gasteiger partial charge < -0.3 is 5.73 Å². The van der Waals surface area contributed by atoms with Crippen LogP contribution in [0.2, 0.25) is 0 Å². The van der Waals surface area contributed by atoms with Crippen LogP contribution in [0.5, 0.6) is 0 Å². The Hall–Kier alpha value is -1.77. The van der Waals surface area contributed by atoms with Gasteiger partial charge in [0.1, 0.15) is 0 Å². The molecule has 124 valence electrons. The minimum atomic E-state index is -3.53. The highest BCUT2D eigenvalue weighted by atomic mass is 32.2. The zero-order valence-corrected chi connectivity index (χ0v) is 13.5. The smallest absolute Gasteiger partial charge is 0.261 e. The van der Waals surface area contributed by atoms with Crippen LogP contribution in [0.4, 0.5) is 0 Å². The van der Waals surface area contributed by atoms with E-state index in [0.717, 1.165) is 17.7 Å². The van der Waals surface area contributed by atoms with Gasteiger partial charge in [0.25, 0.3) is 11.8 Å². The molecule has 2 N–H and O–H groups in total. The van der Waals surface area contributed by atoms with Gasteiger partial charge in [-0.15, -0.1) is 0 Å². The maximum atomic E-state index is 12.4. The highest BCUT2D eigenvalue weighted by Gasteiger charge is 2.36. The Labute approximate surface area is 135 Å². The minimum absolute atomic E-state index is 0.138. The third-order valence-corrected chi connectivity index (χ3v) is 6.08. The molecule has 2 amide bonds. The van der Waals surface area contributed by atoms with Crippen LogP contribution in [0.15, 0.2) is 24.3 Å². The van der Waals surface area contributed by atoms with E-state index in [9.17, 15) is 18.0 Å². The molecule has 8 heteroatoms. The van der Waals surface area contributed by atoms with Crippen molar-refractivity contribution in [3.05, 3.63) is 35.4 Å². The van der Waals surface area contributed by atoms with Crippen LogP contribution in [0, 0.1) is 0 Å². The lowest BCUT2D eigenvalue weighted by atomic mass is 10.1. The van der Waals surface area contributed by atoms with Gasteiger partial charge in [-0.1, -0.05) is 12.1 Å². The Morgan fingerprint density at radius 2 is 1.74 bits per heavy atom. The molecule has 7 nitrogen and oxygen atoms in total. The number of imide groups is 1. The molecule has 1 atom stereocenters. The number of carbonyl (C=O) groups excluding carboxylic acids is 2. The van der Waals surface area contributed by atoms with Gasteiger partial charge in [-0.2, -0.15) is 0 Å². The molecule has 2 aliphatic rings. The molecule has 0 bridgehead atoms. The SMILES string of the molecule is N[C@@H]1CCCN(S(=O)(=O)CCN2C(=O)c3ccccc3C2=O)C1. The lowest BCUT2D eigenvalue weighted by Crippen LogP contribution is -2.48. The second-order valence-corrected chi connectivity index (χ2v) is 7.97. The quantitative estimate of drug-likeness (QED) is 0.782. The lowest BCUT2D eigenvalue weighted by molar-refractivity contribution is 0.0663. The van der Waals surface area contributed by atoms with Crippen molar-refractivity contribution in [3.63, 3.8) is 0 Å². The average Bonchev–Trinajstić information content (AvgIpc) is 2.77. The van der Waals surface area contributed by atoms with E-state index < -0.39 is 21.8 Å². The Balaban J connectivity index is 1.69. The molecule has 0 spiro atoms. The van der Waals surface area contributed by atoms with Crippen LogP contribution in [-0.2, 0) is 10.0 Å². The van der Waals surface area contributed by atoms with Crippen LogP contribution in [0.25, 0.3) is 0 Å². The first-order valence-corrected chi connectivity index (χ1v) is 9.20. The van der Waals surface area contributed by atoms with E-state index in [4.69, 9.17) is 5.73 Å². The summed E-state index contributed by atoms with van der Waals surface area (Å²) in [5.41, 5.74) is 6.47. The number of fused-ring (bicyclic) bond motifs is 1. The molecular weight excluding hydrogens is 318 g/mol. The van der Waals surface area contributed by atoms with Gasteiger partial charge in [0, 0.05) is 25.7 Å². The summed E-state index contributed by atoms with van der Waals surface area (Å²) in [4.78, 5) is 25.5. The van der Waals surface area contributed by atoms with Crippen LogP contribution in [0.1, 0.15) is 33.6 Å². The molecule has 0 radical (unpaired) electrons. The monoisotopic (exact) mass is 337 g/mol. The molecule has 1 fully saturated rings. The van der Waals surface area contributed by atoms with Gasteiger partial charge in [0.2, 0.25) is 10.0 Å². The molecule has 1 saturated heterocycles. The highest BCUT2D eigenvalue weighted by molar-refractivity contribution is 7.89. The van der Waals surface area contributed by atoms with Crippen molar-refractivity contribution in [1.29, 1.82) is 0 Å². The fourth-order valence-corrected chi connectivity index (χ4v) is 4.50. The minimum Gasteiger partial charge on any atom is -0.327 e. The summed E-state index contributed by atoms with van der Waals surface area (Å²) >= 11 is 0. The summed E-state index contributed by atoms with van der Waals surface area (Å²) in [5, 5.41) is 0. The number of carbonyl (C=O) groups is 2. The zero-order chi connectivity index (χ0) is 16.6. The van der Waals surface area contributed by atoms with Crippen LogP contribution in [-0.4, -0.2) is 60.9 Å². The van der Waals surface area contributed by atoms with Crippen LogP contribution in [0.3, 0.4) is 0 Å².